The summed E-state index contributed by atoms with van der Waals surface area (Å²) in [6.45, 7) is 2.10. The second-order valence-corrected chi connectivity index (χ2v) is 5.41. The molecule has 0 unspecified atom stereocenters. The molecule has 0 atom stereocenters. The standard InChI is InChI=1S/C17H13FN6O/c1-10-23-15(24-25-10)8-20-17-14-6-12(7-19-16(14)21-9-22-17)11-2-4-13(18)5-3-11/h2-7,9H,8H2,1H3,(H,19,20,21,22). The van der Waals surface area contributed by atoms with Crippen LogP contribution in [0.2, 0.25) is 0 Å². The molecule has 7 nitrogen and oxygen atoms in total. The predicted molar refractivity (Wildman–Crippen MR) is 89.1 cm³/mol. The van der Waals surface area contributed by atoms with Gasteiger partial charge in [0.2, 0.25) is 5.89 Å². The maximum absolute atomic E-state index is 13.1. The maximum atomic E-state index is 13.1. The Morgan fingerprint density at radius 2 is 1.92 bits per heavy atom. The number of benzene rings is 1. The highest BCUT2D eigenvalue weighted by molar-refractivity contribution is 5.89. The molecular weight excluding hydrogens is 323 g/mol. The highest BCUT2D eigenvalue weighted by atomic mass is 19.1. The first-order chi connectivity index (χ1) is 12.2. The first-order valence-corrected chi connectivity index (χ1v) is 7.59. The summed E-state index contributed by atoms with van der Waals surface area (Å²) in [5.74, 6) is 1.37. The van der Waals surface area contributed by atoms with Gasteiger partial charge in [-0.1, -0.05) is 17.3 Å². The smallest absolute Gasteiger partial charge is 0.223 e. The summed E-state index contributed by atoms with van der Waals surface area (Å²) < 4.78 is 18.1. The Balaban J connectivity index is 1.69. The summed E-state index contributed by atoms with van der Waals surface area (Å²) in [5, 5.41) is 7.76. The Morgan fingerprint density at radius 3 is 2.68 bits per heavy atom. The number of hydrogen-bond donors (Lipinski definition) is 1. The average molecular weight is 336 g/mol. The predicted octanol–water partition coefficient (Wildman–Crippen LogP) is 3.13. The molecule has 124 valence electrons. The van der Waals surface area contributed by atoms with Gasteiger partial charge in [0.15, 0.2) is 11.5 Å². The van der Waals surface area contributed by atoms with Crippen molar-refractivity contribution < 1.29 is 8.91 Å². The molecule has 0 aliphatic heterocycles. The Morgan fingerprint density at radius 1 is 1.08 bits per heavy atom. The Hall–Kier alpha value is -3.42. The lowest BCUT2D eigenvalue weighted by Crippen LogP contribution is -2.04. The van der Waals surface area contributed by atoms with Gasteiger partial charge in [0.25, 0.3) is 0 Å². The van der Waals surface area contributed by atoms with Crippen molar-refractivity contribution in [2.45, 2.75) is 13.5 Å². The summed E-state index contributed by atoms with van der Waals surface area (Å²) >= 11 is 0. The topological polar surface area (TPSA) is 89.6 Å². The van der Waals surface area contributed by atoms with Gasteiger partial charge in [0.1, 0.15) is 18.0 Å². The molecule has 0 aliphatic carbocycles. The maximum Gasteiger partial charge on any atom is 0.223 e. The SMILES string of the molecule is Cc1nc(CNc2ncnc3ncc(-c4ccc(F)cc4)cc23)no1. The lowest BCUT2D eigenvalue weighted by molar-refractivity contribution is 0.388. The molecule has 3 aromatic heterocycles. The average Bonchev–Trinajstić information content (AvgIpc) is 3.05. The van der Waals surface area contributed by atoms with Crippen LogP contribution in [-0.2, 0) is 6.54 Å². The van der Waals surface area contributed by atoms with Gasteiger partial charge < -0.3 is 9.84 Å². The molecule has 0 fully saturated rings. The van der Waals surface area contributed by atoms with Crippen LogP contribution in [0.25, 0.3) is 22.2 Å². The monoisotopic (exact) mass is 336 g/mol. The Kier molecular flexibility index (Phi) is 3.77. The summed E-state index contributed by atoms with van der Waals surface area (Å²) in [6.07, 6.45) is 3.14. The van der Waals surface area contributed by atoms with Gasteiger partial charge in [0.05, 0.1) is 11.9 Å². The van der Waals surface area contributed by atoms with E-state index in [4.69, 9.17) is 4.52 Å². The van der Waals surface area contributed by atoms with Gasteiger partial charge in [-0.3, -0.25) is 0 Å². The highest BCUT2D eigenvalue weighted by Gasteiger charge is 2.09. The van der Waals surface area contributed by atoms with Gasteiger partial charge in [-0.2, -0.15) is 4.98 Å². The van der Waals surface area contributed by atoms with E-state index in [9.17, 15) is 4.39 Å². The molecule has 3 heterocycles. The Bertz CT molecular complexity index is 1030. The first-order valence-electron chi connectivity index (χ1n) is 7.59. The quantitative estimate of drug-likeness (QED) is 0.612. The molecule has 0 amide bonds. The number of pyridine rings is 1. The molecule has 0 radical (unpaired) electrons. The van der Waals surface area contributed by atoms with E-state index in [0.29, 0.717) is 29.7 Å². The van der Waals surface area contributed by atoms with Crippen molar-refractivity contribution in [1.82, 2.24) is 25.1 Å². The van der Waals surface area contributed by atoms with E-state index < -0.39 is 0 Å². The second-order valence-electron chi connectivity index (χ2n) is 5.41. The van der Waals surface area contributed by atoms with Crippen molar-refractivity contribution in [3.05, 3.63) is 60.4 Å². The van der Waals surface area contributed by atoms with Crippen molar-refractivity contribution >= 4 is 16.9 Å². The van der Waals surface area contributed by atoms with E-state index in [1.165, 1.54) is 18.5 Å². The van der Waals surface area contributed by atoms with Crippen molar-refractivity contribution in [3.63, 3.8) is 0 Å². The number of anilines is 1. The number of aryl methyl sites for hydroxylation is 1. The normalized spacial score (nSPS) is 11.0. The van der Waals surface area contributed by atoms with Crippen LogP contribution in [0.4, 0.5) is 10.2 Å². The van der Waals surface area contributed by atoms with Crippen LogP contribution in [0.3, 0.4) is 0 Å². The third kappa shape index (κ3) is 3.14. The molecule has 1 aromatic carbocycles. The number of nitrogens with zero attached hydrogens (tertiary/aromatic N) is 5. The van der Waals surface area contributed by atoms with Gasteiger partial charge in [-0.05, 0) is 23.8 Å². The summed E-state index contributed by atoms with van der Waals surface area (Å²) in [4.78, 5) is 17.0. The second kappa shape index (κ2) is 6.23. The van der Waals surface area contributed by atoms with E-state index >= 15 is 0 Å². The zero-order valence-corrected chi connectivity index (χ0v) is 13.3. The molecule has 0 saturated carbocycles. The minimum absolute atomic E-state index is 0.279. The first kappa shape index (κ1) is 15.1. The lowest BCUT2D eigenvalue weighted by Gasteiger charge is -2.08. The summed E-state index contributed by atoms with van der Waals surface area (Å²) in [7, 11) is 0. The van der Waals surface area contributed by atoms with Crippen molar-refractivity contribution in [2.75, 3.05) is 5.32 Å². The van der Waals surface area contributed by atoms with Gasteiger partial charge in [-0.15, -0.1) is 0 Å². The molecule has 4 rings (SSSR count). The third-order valence-corrected chi connectivity index (χ3v) is 3.65. The minimum atomic E-state index is -0.279. The molecule has 0 spiro atoms. The van der Waals surface area contributed by atoms with Crippen LogP contribution >= 0.6 is 0 Å². The number of halogens is 1. The summed E-state index contributed by atoms with van der Waals surface area (Å²) in [6, 6.07) is 8.16. The van der Waals surface area contributed by atoms with Crippen molar-refractivity contribution in [1.29, 1.82) is 0 Å². The minimum Gasteiger partial charge on any atom is -0.362 e. The number of nitrogens with one attached hydrogen (secondary N) is 1. The highest BCUT2D eigenvalue weighted by Crippen LogP contribution is 2.25. The molecule has 1 N–H and O–H groups in total. The molecule has 0 saturated heterocycles. The van der Waals surface area contributed by atoms with Crippen LogP contribution in [-0.4, -0.2) is 25.1 Å². The Labute approximate surface area is 142 Å². The van der Waals surface area contributed by atoms with E-state index in [2.05, 4.69) is 30.4 Å². The number of aromatic nitrogens is 5. The molecule has 4 aromatic rings. The molecule has 8 heteroatoms. The van der Waals surface area contributed by atoms with E-state index in [1.54, 1.807) is 25.3 Å². The number of fused-ring (bicyclic) bond motifs is 1. The van der Waals surface area contributed by atoms with Crippen molar-refractivity contribution in [3.8, 4) is 11.1 Å². The van der Waals surface area contributed by atoms with E-state index in [1.807, 2.05) is 6.07 Å². The van der Waals surface area contributed by atoms with Gasteiger partial charge >= 0.3 is 0 Å². The van der Waals surface area contributed by atoms with Crippen LogP contribution in [0.1, 0.15) is 11.7 Å². The lowest BCUT2D eigenvalue weighted by atomic mass is 10.1. The van der Waals surface area contributed by atoms with E-state index in [0.717, 1.165) is 16.5 Å². The largest absolute Gasteiger partial charge is 0.362 e. The van der Waals surface area contributed by atoms with E-state index in [-0.39, 0.29) is 5.82 Å². The fourth-order valence-electron chi connectivity index (χ4n) is 2.46. The fourth-order valence-corrected chi connectivity index (χ4v) is 2.46. The zero-order chi connectivity index (χ0) is 17.2. The zero-order valence-electron chi connectivity index (χ0n) is 13.3. The van der Waals surface area contributed by atoms with Gasteiger partial charge in [0, 0.05) is 18.7 Å². The third-order valence-electron chi connectivity index (χ3n) is 3.65. The van der Waals surface area contributed by atoms with Gasteiger partial charge in [-0.25, -0.2) is 19.3 Å². The van der Waals surface area contributed by atoms with Crippen molar-refractivity contribution in [2.24, 2.45) is 0 Å². The molecule has 25 heavy (non-hydrogen) atoms. The number of hydrogen-bond acceptors (Lipinski definition) is 7. The van der Waals surface area contributed by atoms with Crippen LogP contribution < -0.4 is 5.32 Å². The van der Waals surface area contributed by atoms with Crippen LogP contribution in [0, 0.1) is 12.7 Å². The fraction of sp³-hybridized carbons (Fsp3) is 0.118. The molecule has 0 bridgehead atoms. The molecule has 0 aliphatic rings. The van der Waals surface area contributed by atoms with Crippen LogP contribution in [0.5, 0.6) is 0 Å². The summed E-state index contributed by atoms with van der Waals surface area (Å²) in [5.41, 5.74) is 2.27. The number of rotatable bonds is 4. The van der Waals surface area contributed by atoms with Crippen LogP contribution in [0.15, 0.2) is 47.4 Å². The molecular formula is C17H13FN6O.